The molecule has 0 aliphatic heterocycles. The van der Waals surface area contributed by atoms with E-state index in [9.17, 15) is 4.79 Å². The summed E-state index contributed by atoms with van der Waals surface area (Å²) >= 11 is 4.14. The van der Waals surface area contributed by atoms with Crippen molar-refractivity contribution in [1.29, 1.82) is 0 Å². The van der Waals surface area contributed by atoms with Crippen LogP contribution in [0.4, 0.5) is 0 Å². The van der Waals surface area contributed by atoms with Crippen molar-refractivity contribution in [2.75, 3.05) is 0 Å². The maximum absolute atomic E-state index is 11.7. The minimum absolute atomic E-state index is 0.0518. The van der Waals surface area contributed by atoms with Crippen LogP contribution in [0.5, 0.6) is 0 Å². The van der Waals surface area contributed by atoms with E-state index in [0.717, 1.165) is 16.9 Å². The van der Waals surface area contributed by atoms with Gasteiger partial charge in [-0.3, -0.25) is 4.79 Å². The van der Waals surface area contributed by atoms with Crippen LogP contribution < -0.4 is 5.43 Å². The van der Waals surface area contributed by atoms with Crippen molar-refractivity contribution in [3.8, 4) is 5.69 Å². The standard InChI is InChI=1S/C14H16N2OS/c1-9-4-5-10(2)13(6-9)16-11(3)7-14(17)12(8-18)15-16/h4-7,18H,8H2,1-3H3. The Labute approximate surface area is 112 Å². The van der Waals surface area contributed by atoms with Gasteiger partial charge in [0.1, 0.15) is 5.69 Å². The van der Waals surface area contributed by atoms with Crippen molar-refractivity contribution in [2.45, 2.75) is 26.5 Å². The van der Waals surface area contributed by atoms with E-state index in [1.165, 1.54) is 5.56 Å². The zero-order chi connectivity index (χ0) is 13.3. The molecular weight excluding hydrogens is 244 g/mol. The maximum atomic E-state index is 11.7. The number of hydrogen-bond acceptors (Lipinski definition) is 3. The van der Waals surface area contributed by atoms with Gasteiger partial charge in [-0.05, 0) is 38.0 Å². The molecule has 1 heterocycles. The minimum atomic E-state index is -0.0518. The first-order valence-electron chi connectivity index (χ1n) is 5.81. The highest BCUT2D eigenvalue weighted by Gasteiger charge is 2.08. The third kappa shape index (κ3) is 2.34. The summed E-state index contributed by atoms with van der Waals surface area (Å²) in [4.78, 5) is 11.7. The van der Waals surface area contributed by atoms with Crippen LogP contribution in [0.1, 0.15) is 22.5 Å². The molecule has 18 heavy (non-hydrogen) atoms. The smallest absolute Gasteiger partial charge is 0.204 e. The summed E-state index contributed by atoms with van der Waals surface area (Å²) in [7, 11) is 0. The lowest BCUT2D eigenvalue weighted by Gasteiger charge is -2.13. The summed E-state index contributed by atoms with van der Waals surface area (Å²) in [5.41, 5.74) is 4.57. The largest absolute Gasteiger partial charge is 0.288 e. The van der Waals surface area contributed by atoms with Crippen molar-refractivity contribution in [3.63, 3.8) is 0 Å². The van der Waals surface area contributed by atoms with Crippen molar-refractivity contribution in [1.82, 2.24) is 9.78 Å². The first-order chi connectivity index (χ1) is 8.52. The second-order valence-corrected chi connectivity index (χ2v) is 4.77. The lowest BCUT2D eigenvalue weighted by atomic mass is 10.1. The third-order valence-corrected chi connectivity index (χ3v) is 3.22. The summed E-state index contributed by atoms with van der Waals surface area (Å²) in [6, 6.07) is 7.81. The van der Waals surface area contributed by atoms with Crippen LogP contribution in [0, 0.1) is 20.8 Å². The fourth-order valence-corrected chi connectivity index (χ4v) is 2.10. The summed E-state index contributed by atoms with van der Waals surface area (Å²) in [5.74, 6) is 0.351. The Morgan fingerprint density at radius 3 is 2.61 bits per heavy atom. The van der Waals surface area contributed by atoms with Gasteiger partial charge in [0.2, 0.25) is 5.43 Å². The summed E-state index contributed by atoms with van der Waals surface area (Å²) in [5, 5.41) is 4.39. The lowest BCUT2D eigenvalue weighted by Crippen LogP contribution is -2.18. The first kappa shape index (κ1) is 12.9. The molecule has 2 rings (SSSR count). The zero-order valence-corrected chi connectivity index (χ0v) is 11.7. The Bertz CT molecular complexity index is 647. The van der Waals surface area contributed by atoms with Gasteiger partial charge < -0.3 is 0 Å². The highest BCUT2D eigenvalue weighted by atomic mass is 32.1. The number of hydrogen-bond donors (Lipinski definition) is 1. The molecule has 1 aromatic carbocycles. The molecule has 0 radical (unpaired) electrons. The molecule has 4 heteroatoms. The number of benzene rings is 1. The Kier molecular flexibility index (Phi) is 3.57. The molecule has 3 nitrogen and oxygen atoms in total. The van der Waals surface area contributed by atoms with Crippen LogP contribution in [-0.2, 0) is 5.75 Å². The number of aryl methyl sites for hydroxylation is 3. The van der Waals surface area contributed by atoms with Gasteiger partial charge in [-0.1, -0.05) is 12.1 Å². The molecule has 0 atom stereocenters. The van der Waals surface area contributed by atoms with Gasteiger partial charge in [-0.15, -0.1) is 0 Å². The topological polar surface area (TPSA) is 34.9 Å². The maximum Gasteiger partial charge on any atom is 0.204 e. The monoisotopic (exact) mass is 260 g/mol. The van der Waals surface area contributed by atoms with Crippen LogP contribution in [0.25, 0.3) is 5.69 Å². The molecule has 0 amide bonds. The molecule has 2 aromatic rings. The van der Waals surface area contributed by atoms with Crippen molar-refractivity contribution >= 4 is 12.6 Å². The minimum Gasteiger partial charge on any atom is -0.288 e. The summed E-state index contributed by atoms with van der Waals surface area (Å²) < 4.78 is 1.81. The Morgan fingerprint density at radius 2 is 1.94 bits per heavy atom. The highest BCUT2D eigenvalue weighted by Crippen LogP contribution is 2.16. The van der Waals surface area contributed by atoms with Gasteiger partial charge in [-0.2, -0.15) is 17.7 Å². The van der Waals surface area contributed by atoms with Crippen LogP contribution in [0.15, 0.2) is 29.1 Å². The van der Waals surface area contributed by atoms with Crippen LogP contribution in [-0.4, -0.2) is 9.78 Å². The molecule has 0 spiro atoms. The Hall–Kier alpha value is -1.55. The lowest BCUT2D eigenvalue weighted by molar-refractivity contribution is 0.769. The summed E-state index contributed by atoms with van der Waals surface area (Å²) in [6.07, 6.45) is 0. The second-order valence-electron chi connectivity index (χ2n) is 4.46. The molecule has 94 valence electrons. The van der Waals surface area contributed by atoms with Gasteiger partial charge in [0.25, 0.3) is 0 Å². The molecular formula is C14H16N2OS. The molecule has 0 aliphatic rings. The van der Waals surface area contributed by atoms with E-state index in [0.29, 0.717) is 11.4 Å². The van der Waals surface area contributed by atoms with Gasteiger partial charge >= 0.3 is 0 Å². The summed E-state index contributed by atoms with van der Waals surface area (Å²) in [6.45, 7) is 5.97. The fraction of sp³-hybridized carbons (Fsp3) is 0.286. The average Bonchev–Trinajstić information content (AvgIpc) is 2.33. The van der Waals surface area contributed by atoms with Gasteiger partial charge in [0.15, 0.2) is 0 Å². The van der Waals surface area contributed by atoms with E-state index < -0.39 is 0 Å². The Morgan fingerprint density at radius 1 is 1.22 bits per heavy atom. The van der Waals surface area contributed by atoms with Gasteiger partial charge in [-0.25, -0.2) is 4.68 Å². The molecule has 0 bridgehead atoms. The number of aromatic nitrogens is 2. The van der Waals surface area contributed by atoms with E-state index in [1.54, 1.807) is 6.07 Å². The molecule has 0 fully saturated rings. The van der Waals surface area contributed by atoms with Crippen LogP contribution in [0.3, 0.4) is 0 Å². The van der Waals surface area contributed by atoms with E-state index in [4.69, 9.17) is 0 Å². The third-order valence-electron chi connectivity index (χ3n) is 2.92. The predicted molar refractivity (Wildman–Crippen MR) is 76.7 cm³/mol. The zero-order valence-electron chi connectivity index (χ0n) is 10.8. The SMILES string of the molecule is Cc1ccc(C)c(-n2nc(CS)c(=O)cc2C)c1. The van der Waals surface area contributed by atoms with E-state index in [-0.39, 0.29) is 5.43 Å². The van der Waals surface area contributed by atoms with Gasteiger partial charge in [0.05, 0.1) is 5.69 Å². The molecule has 0 saturated carbocycles. The van der Waals surface area contributed by atoms with Crippen LogP contribution >= 0.6 is 12.6 Å². The second kappa shape index (κ2) is 4.98. The molecule has 0 N–H and O–H groups in total. The number of rotatable bonds is 2. The molecule has 0 aliphatic carbocycles. The normalized spacial score (nSPS) is 10.7. The van der Waals surface area contributed by atoms with E-state index in [1.807, 2.05) is 25.5 Å². The molecule has 0 saturated heterocycles. The average molecular weight is 260 g/mol. The highest BCUT2D eigenvalue weighted by molar-refractivity contribution is 7.79. The number of thiol groups is 1. The van der Waals surface area contributed by atoms with Crippen molar-refractivity contribution < 1.29 is 0 Å². The first-order valence-corrected chi connectivity index (χ1v) is 6.44. The van der Waals surface area contributed by atoms with Crippen LogP contribution in [0.2, 0.25) is 0 Å². The predicted octanol–water partition coefficient (Wildman–Crippen LogP) is 2.59. The van der Waals surface area contributed by atoms with E-state index >= 15 is 0 Å². The Balaban J connectivity index is 2.70. The molecule has 1 aromatic heterocycles. The quantitative estimate of drug-likeness (QED) is 0.842. The fourth-order valence-electron chi connectivity index (χ4n) is 1.88. The van der Waals surface area contributed by atoms with Gasteiger partial charge in [0, 0.05) is 17.5 Å². The van der Waals surface area contributed by atoms with E-state index in [2.05, 4.69) is 35.9 Å². The number of nitrogens with zero attached hydrogens (tertiary/aromatic N) is 2. The molecule has 0 unspecified atom stereocenters. The van der Waals surface area contributed by atoms with Crippen molar-refractivity contribution in [3.05, 3.63) is 57.0 Å². The van der Waals surface area contributed by atoms with Crippen molar-refractivity contribution in [2.24, 2.45) is 0 Å².